The van der Waals surface area contributed by atoms with Gasteiger partial charge in [-0.1, -0.05) is 0 Å². The molecular weight excluding hydrogens is 227 g/mol. The number of aliphatic hydroxyl groups is 1. The normalized spacial score (nSPS) is 17.7. The summed E-state index contributed by atoms with van der Waals surface area (Å²) in [6.07, 6.45) is -0.128. The van der Waals surface area contributed by atoms with Gasteiger partial charge in [0.2, 0.25) is 0 Å². The van der Waals surface area contributed by atoms with Gasteiger partial charge in [-0.25, -0.2) is 0 Å². The van der Waals surface area contributed by atoms with Crippen LogP contribution < -0.4 is 0 Å². The first-order chi connectivity index (χ1) is 5.85. The van der Waals surface area contributed by atoms with E-state index in [0.717, 1.165) is 0 Å². The van der Waals surface area contributed by atoms with Gasteiger partial charge in [0.1, 0.15) is 0 Å². The van der Waals surface area contributed by atoms with Gasteiger partial charge in [-0.3, -0.25) is 9.11 Å². The zero-order chi connectivity index (χ0) is 12.2. The Morgan fingerprint density at radius 3 is 1.29 bits per heavy atom. The van der Waals surface area contributed by atoms with Crippen LogP contribution >= 0.6 is 7.26 Å². The van der Waals surface area contributed by atoms with Crippen LogP contribution in [0.4, 0.5) is 0 Å². The molecule has 0 aliphatic carbocycles. The maximum atomic E-state index is 9.19. The Labute approximate surface area is 86.4 Å². The van der Waals surface area contributed by atoms with Gasteiger partial charge in [-0.15, -0.1) is 0 Å². The van der Waals surface area contributed by atoms with Gasteiger partial charge in [0.05, 0.1) is 0 Å². The van der Waals surface area contributed by atoms with Crippen molar-refractivity contribution in [2.45, 2.75) is 25.6 Å². The fourth-order valence-corrected chi connectivity index (χ4v) is 2.17. The first-order valence-corrected chi connectivity index (χ1v) is 9.21. The summed E-state index contributed by atoms with van der Waals surface area (Å²) in [5.74, 6) is 0. The van der Waals surface area contributed by atoms with Crippen LogP contribution in [0, 0.1) is 0 Å². The van der Waals surface area contributed by atoms with Crippen molar-refractivity contribution < 1.29 is 22.6 Å². The molecule has 0 spiro atoms. The molecule has 90 valence electrons. The van der Waals surface area contributed by atoms with Crippen LogP contribution in [-0.2, 0) is 10.4 Å². The van der Waals surface area contributed by atoms with E-state index in [2.05, 4.69) is 26.9 Å². The van der Waals surface area contributed by atoms with Crippen molar-refractivity contribution in [1.29, 1.82) is 0 Å². The van der Waals surface area contributed by atoms with Crippen molar-refractivity contribution in [2.24, 2.45) is 0 Å². The van der Waals surface area contributed by atoms with E-state index in [1.54, 1.807) is 0 Å². The van der Waals surface area contributed by atoms with Crippen molar-refractivity contribution in [3.63, 3.8) is 0 Å². The van der Waals surface area contributed by atoms with Crippen molar-refractivity contribution in [2.75, 3.05) is 20.0 Å². The molecule has 0 aliphatic rings. The maximum Gasteiger partial charge on any atom is 0.394 e. The molecule has 5 nitrogen and oxygen atoms in total. The van der Waals surface area contributed by atoms with Crippen molar-refractivity contribution in [3.05, 3.63) is 0 Å². The van der Waals surface area contributed by atoms with Crippen LogP contribution in [-0.4, -0.2) is 54.4 Å². The third-order valence-corrected chi connectivity index (χ3v) is 5.30. The summed E-state index contributed by atoms with van der Waals surface area (Å²) in [6.45, 7) is 10.9. The zero-order valence-corrected chi connectivity index (χ0v) is 11.0. The smallest absolute Gasteiger partial charge is 0.264 e. The predicted molar refractivity (Wildman–Crippen MR) is 61.4 cm³/mol. The number of hydrogen-bond donors (Lipinski definition) is 3. The van der Waals surface area contributed by atoms with Gasteiger partial charge in [-0.05, 0) is 0 Å². The minimum Gasteiger partial charge on any atom is -0.264 e. The van der Waals surface area contributed by atoms with Gasteiger partial charge in [0.15, 0.2) is 0 Å². The Hall–Kier alpha value is 0.260. The molecule has 0 aromatic carbocycles. The van der Waals surface area contributed by atoms with Gasteiger partial charge in [-0.2, -0.15) is 8.42 Å². The van der Waals surface area contributed by atoms with E-state index in [9.17, 15) is 5.11 Å². The molecule has 0 heterocycles. The summed E-state index contributed by atoms with van der Waals surface area (Å²) in [5, 5.41) is 9.19. The molecule has 3 N–H and O–H groups in total. The molecule has 0 rings (SSSR count). The number of hydrogen-bond acceptors (Lipinski definition) is 3. The Bertz CT molecular complexity index is 233. The van der Waals surface area contributed by atoms with E-state index in [1.807, 2.05) is 6.92 Å². The number of rotatable bonds is 2. The van der Waals surface area contributed by atoms with Crippen LogP contribution in [0.3, 0.4) is 0 Å². The van der Waals surface area contributed by atoms with E-state index in [1.165, 1.54) is 0 Å². The van der Waals surface area contributed by atoms with E-state index in [4.69, 9.17) is 17.5 Å². The zero-order valence-electron chi connectivity index (χ0n) is 9.22. The fourth-order valence-electron chi connectivity index (χ4n) is 0.724. The molecule has 2 atom stereocenters. The molecule has 0 aliphatic heterocycles. The Balaban J connectivity index is 0. The Kier molecular flexibility index (Phi) is 7.12. The van der Waals surface area contributed by atoms with Crippen molar-refractivity contribution in [3.8, 4) is 0 Å². The van der Waals surface area contributed by atoms with E-state index in [0.29, 0.717) is 5.66 Å². The van der Waals surface area contributed by atoms with Crippen LogP contribution in [0.1, 0.15) is 13.8 Å². The van der Waals surface area contributed by atoms with Crippen LogP contribution in [0.25, 0.3) is 0 Å². The molecule has 0 aromatic heterocycles. The largest absolute Gasteiger partial charge is 0.394 e. The van der Waals surface area contributed by atoms with Crippen molar-refractivity contribution >= 4 is 17.7 Å². The van der Waals surface area contributed by atoms with E-state index >= 15 is 0 Å². The molecule has 0 saturated heterocycles. The number of aliphatic hydroxyl groups excluding tert-OH is 1. The average molecular weight is 248 g/mol. The third-order valence-electron chi connectivity index (χ3n) is 2.09. The Morgan fingerprint density at radius 1 is 1.07 bits per heavy atom. The molecule has 2 unspecified atom stereocenters. The molecule has 0 amide bonds. The summed E-state index contributed by atoms with van der Waals surface area (Å²) in [6, 6.07) is 0. The summed E-state index contributed by atoms with van der Waals surface area (Å²) in [4.78, 5) is 0. The predicted octanol–water partition coefficient (Wildman–Crippen LogP) is 0.742. The summed E-state index contributed by atoms with van der Waals surface area (Å²) in [5.41, 5.74) is 0.512. The fraction of sp³-hybridized carbons (Fsp3) is 1.00. The molecule has 0 fully saturated rings. The second-order valence-corrected chi connectivity index (χ2v) is 10.9. The van der Waals surface area contributed by atoms with Crippen molar-refractivity contribution in [1.82, 2.24) is 0 Å². The Morgan fingerprint density at radius 2 is 1.29 bits per heavy atom. The monoisotopic (exact) mass is 248 g/mol. The molecule has 0 saturated carbocycles. The third kappa shape index (κ3) is 14.8. The first-order valence-electron chi connectivity index (χ1n) is 4.23. The summed E-state index contributed by atoms with van der Waals surface area (Å²) < 4.78 is 31.6. The second-order valence-electron chi connectivity index (χ2n) is 4.34. The minimum absolute atomic E-state index is 0.128. The van der Waals surface area contributed by atoms with E-state index in [-0.39, 0.29) is 6.10 Å². The molecule has 0 bridgehead atoms. The van der Waals surface area contributed by atoms with Crippen LogP contribution in [0.15, 0.2) is 0 Å². The first kappa shape index (κ1) is 16.7. The van der Waals surface area contributed by atoms with Gasteiger partial charge >= 0.3 is 68.4 Å². The molecular formula is C7H21O5PS. The van der Waals surface area contributed by atoms with Gasteiger partial charge < -0.3 is 0 Å². The van der Waals surface area contributed by atoms with Gasteiger partial charge in [0, 0.05) is 0 Å². The maximum absolute atomic E-state index is 9.19. The average Bonchev–Trinajstić information content (AvgIpc) is 1.79. The van der Waals surface area contributed by atoms with Gasteiger partial charge in [0.25, 0.3) is 0 Å². The summed E-state index contributed by atoms with van der Waals surface area (Å²) in [7, 11) is -5.74. The second kappa shape index (κ2) is 5.98. The standard InChI is InChI=1S/C7H19OP.H2O4S/c1-6(8)7(2)9(3,4)5;1-5(2,3)4/h6-9H,1-5H3;(H2,1,2,3,4). The molecule has 7 heteroatoms. The topological polar surface area (TPSA) is 94.8 Å². The molecule has 0 aromatic rings. The minimum atomic E-state index is -4.67. The SMILES string of the molecule is CC(O)C(C)[PH](C)(C)C.O=S(=O)(O)O. The van der Waals surface area contributed by atoms with Crippen LogP contribution in [0.2, 0.25) is 0 Å². The molecule has 14 heavy (non-hydrogen) atoms. The van der Waals surface area contributed by atoms with Crippen LogP contribution in [0.5, 0.6) is 0 Å². The quantitative estimate of drug-likeness (QED) is 0.495. The van der Waals surface area contributed by atoms with E-state index < -0.39 is 17.7 Å². The molecule has 0 radical (unpaired) electrons. The summed E-state index contributed by atoms with van der Waals surface area (Å²) >= 11 is 0.